The molecule has 152 valence electrons. The van der Waals surface area contributed by atoms with Crippen molar-refractivity contribution < 1.29 is 14.3 Å². The Balaban J connectivity index is 0.00000136. The number of amides is 2. The van der Waals surface area contributed by atoms with Gasteiger partial charge in [-0.05, 0) is 6.26 Å². The van der Waals surface area contributed by atoms with E-state index in [9.17, 15) is 4.79 Å². The van der Waals surface area contributed by atoms with Gasteiger partial charge in [-0.1, -0.05) is 48.8 Å². The highest BCUT2D eigenvalue weighted by atomic mass is 35.5. The lowest BCUT2D eigenvalue weighted by Gasteiger charge is -2.35. The summed E-state index contributed by atoms with van der Waals surface area (Å²) in [6.07, 6.45) is 3.57. The Kier molecular flexibility index (Phi) is 7.63. The summed E-state index contributed by atoms with van der Waals surface area (Å²) < 4.78 is 10.6. The molecule has 3 rings (SSSR count). The molecule has 0 saturated heterocycles. The minimum Gasteiger partial charge on any atom is -0.495 e. The normalized spacial score (nSPS) is 12.9. The average Bonchev–Trinajstić information content (AvgIpc) is 2.73. The molecule has 0 radical (unpaired) electrons. The summed E-state index contributed by atoms with van der Waals surface area (Å²) >= 11 is 14.3. The largest absolute Gasteiger partial charge is 0.495 e. The number of benzene rings is 1. The monoisotopic (exact) mass is 444 g/mol. The smallest absolute Gasteiger partial charge is 0.330 e. The van der Waals surface area contributed by atoms with Gasteiger partial charge >= 0.3 is 6.03 Å². The highest BCUT2D eigenvalue weighted by molar-refractivity contribution is 7.98. The van der Waals surface area contributed by atoms with E-state index in [1.54, 1.807) is 19.3 Å². The lowest BCUT2D eigenvalue weighted by atomic mass is 10.2. The van der Waals surface area contributed by atoms with Crippen LogP contribution in [0.3, 0.4) is 0 Å². The number of hydrogen-bond acceptors (Lipinski definition) is 6. The van der Waals surface area contributed by atoms with Gasteiger partial charge in [-0.15, -0.1) is 0 Å². The molecule has 0 aliphatic carbocycles. The fourth-order valence-corrected chi connectivity index (χ4v) is 3.72. The predicted molar refractivity (Wildman–Crippen MR) is 115 cm³/mol. The summed E-state index contributed by atoms with van der Waals surface area (Å²) in [5, 5.41) is 1.05. The minimum absolute atomic E-state index is 0.225. The van der Waals surface area contributed by atoms with Gasteiger partial charge in [0.05, 0.1) is 26.5 Å². The van der Waals surface area contributed by atoms with Gasteiger partial charge in [-0.25, -0.2) is 14.8 Å². The van der Waals surface area contributed by atoms with E-state index in [1.807, 2.05) is 20.1 Å². The van der Waals surface area contributed by atoms with E-state index in [0.717, 1.165) is 5.56 Å². The van der Waals surface area contributed by atoms with Crippen molar-refractivity contribution in [1.29, 1.82) is 0 Å². The number of carbonyl (C=O) groups is 1. The van der Waals surface area contributed by atoms with Crippen molar-refractivity contribution in [3.05, 3.63) is 27.9 Å². The zero-order chi connectivity index (χ0) is 21.0. The fourth-order valence-electron chi connectivity index (χ4n) is 2.68. The number of urea groups is 1. The maximum Gasteiger partial charge on any atom is 0.330 e. The third-order valence-electron chi connectivity index (χ3n) is 3.99. The summed E-state index contributed by atoms with van der Waals surface area (Å²) in [6.45, 7) is 4.23. The first-order valence-electron chi connectivity index (χ1n) is 8.48. The molecule has 0 atom stereocenters. The summed E-state index contributed by atoms with van der Waals surface area (Å²) in [5.41, 5.74) is 1.10. The van der Waals surface area contributed by atoms with Gasteiger partial charge in [-0.2, -0.15) is 0 Å². The topological polar surface area (TPSA) is 67.8 Å². The Morgan fingerprint density at radius 1 is 1.14 bits per heavy atom. The molecule has 0 saturated carbocycles. The van der Waals surface area contributed by atoms with Crippen LogP contribution in [0.25, 0.3) is 0 Å². The van der Waals surface area contributed by atoms with Crippen molar-refractivity contribution in [2.45, 2.75) is 25.5 Å². The van der Waals surface area contributed by atoms with Crippen LogP contribution in [-0.2, 0) is 6.54 Å². The van der Waals surface area contributed by atoms with Crippen LogP contribution >= 0.6 is 35.0 Å². The maximum atomic E-state index is 13.0. The van der Waals surface area contributed by atoms with Gasteiger partial charge in [0.2, 0.25) is 0 Å². The van der Waals surface area contributed by atoms with Gasteiger partial charge in [-0.3, -0.25) is 9.80 Å². The highest BCUT2D eigenvalue weighted by Gasteiger charge is 2.34. The van der Waals surface area contributed by atoms with Crippen LogP contribution in [0.2, 0.25) is 10.0 Å². The molecule has 0 N–H and O–H groups in total. The number of nitrogens with zero attached hydrogens (tertiary/aromatic N) is 4. The standard InChI is InChI=1S/C16H16Cl2N4O3S.C2H6/c1-21-14-8(6-19-15(20-14)26-4)7-22(16(21)23)13-11(17)9(24-2)5-10(25-3)12(13)18;1-2/h5-6H,7H2,1-4H3;1-2H3. The summed E-state index contributed by atoms with van der Waals surface area (Å²) in [7, 11) is 4.61. The zero-order valence-electron chi connectivity index (χ0n) is 16.5. The average molecular weight is 445 g/mol. The Morgan fingerprint density at radius 3 is 2.21 bits per heavy atom. The molecule has 0 spiro atoms. The second-order valence-corrected chi connectivity index (χ2v) is 6.92. The van der Waals surface area contributed by atoms with E-state index in [4.69, 9.17) is 32.7 Å². The number of methoxy groups -OCH3 is 2. The van der Waals surface area contributed by atoms with Crippen molar-refractivity contribution in [1.82, 2.24) is 9.97 Å². The van der Waals surface area contributed by atoms with Gasteiger partial charge < -0.3 is 9.47 Å². The molecule has 1 aliphatic heterocycles. The Morgan fingerprint density at radius 2 is 1.71 bits per heavy atom. The van der Waals surface area contributed by atoms with E-state index >= 15 is 0 Å². The highest BCUT2D eigenvalue weighted by Crippen LogP contribution is 2.47. The summed E-state index contributed by atoms with van der Waals surface area (Å²) in [4.78, 5) is 24.6. The second kappa shape index (κ2) is 9.54. The Hall–Kier alpha value is -1.90. The Labute approximate surface area is 178 Å². The summed E-state index contributed by atoms with van der Waals surface area (Å²) in [5.74, 6) is 1.28. The molecule has 28 heavy (non-hydrogen) atoms. The first-order chi connectivity index (χ1) is 13.4. The van der Waals surface area contributed by atoms with Crippen LogP contribution in [0.15, 0.2) is 17.4 Å². The van der Waals surface area contributed by atoms with E-state index < -0.39 is 0 Å². The van der Waals surface area contributed by atoms with Crippen molar-refractivity contribution in [2.24, 2.45) is 0 Å². The predicted octanol–water partition coefficient (Wildman–Crippen LogP) is 5.13. The lowest BCUT2D eigenvalue weighted by molar-refractivity contribution is 0.251. The molecule has 2 amide bonds. The molecule has 0 fully saturated rings. The minimum atomic E-state index is -0.317. The quantitative estimate of drug-likeness (QED) is 0.481. The number of halogens is 2. The van der Waals surface area contributed by atoms with Crippen LogP contribution in [-0.4, -0.2) is 43.5 Å². The first-order valence-corrected chi connectivity index (χ1v) is 10.5. The number of aromatic nitrogens is 2. The SMILES string of the molecule is CC.COc1cc(OC)c(Cl)c(N2Cc3cnc(SC)nc3N(C)C2=O)c1Cl. The molecule has 10 heteroatoms. The van der Waals surface area contributed by atoms with Gasteiger partial charge in [0, 0.05) is 24.9 Å². The first kappa shape index (κ1) is 22.4. The third-order valence-corrected chi connectivity index (χ3v) is 5.28. The van der Waals surface area contributed by atoms with Crippen molar-refractivity contribution in [2.75, 3.05) is 37.3 Å². The number of anilines is 2. The molecule has 2 aromatic rings. The molecule has 7 nitrogen and oxygen atoms in total. The number of fused-ring (bicyclic) bond motifs is 1. The van der Waals surface area contributed by atoms with Crippen LogP contribution in [0.4, 0.5) is 16.3 Å². The van der Waals surface area contributed by atoms with Gasteiger partial charge in [0.15, 0.2) is 5.16 Å². The maximum absolute atomic E-state index is 13.0. The molecule has 0 unspecified atom stereocenters. The van der Waals surface area contributed by atoms with E-state index in [1.165, 1.54) is 35.8 Å². The van der Waals surface area contributed by atoms with E-state index in [2.05, 4.69) is 9.97 Å². The van der Waals surface area contributed by atoms with Gasteiger partial charge in [0.25, 0.3) is 0 Å². The fraction of sp³-hybridized carbons (Fsp3) is 0.389. The van der Waals surface area contributed by atoms with Crippen molar-refractivity contribution in [3.8, 4) is 11.5 Å². The molecule has 1 aromatic heterocycles. The van der Waals surface area contributed by atoms with Crippen LogP contribution in [0.1, 0.15) is 19.4 Å². The van der Waals surface area contributed by atoms with Gasteiger partial charge in [0.1, 0.15) is 27.4 Å². The van der Waals surface area contributed by atoms with Crippen molar-refractivity contribution in [3.63, 3.8) is 0 Å². The third kappa shape index (κ3) is 3.94. The number of thioether (sulfide) groups is 1. The van der Waals surface area contributed by atoms with Crippen LogP contribution < -0.4 is 19.3 Å². The lowest BCUT2D eigenvalue weighted by Crippen LogP contribution is -2.46. The van der Waals surface area contributed by atoms with Crippen LogP contribution in [0, 0.1) is 0 Å². The van der Waals surface area contributed by atoms with E-state index in [-0.39, 0.29) is 22.6 Å². The van der Waals surface area contributed by atoms with Crippen LogP contribution in [0.5, 0.6) is 11.5 Å². The van der Waals surface area contributed by atoms with Crippen molar-refractivity contribution >= 4 is 52.5 Å². The summed E-state index contributed by atoms with van der Waals surface area (Å²) in [6, 6.07) is 1.26. The Bertz CT molecular complexity index is 854. The molecular weight excluding hydrogens is 423 g/mol. The molecule has 0 bridgehead atoms. The number of carbonyl (C=O) groups excluding carboxylic acids is 1. The molecule has 1 aliphatic rings. The second-order valence-electron chi connectivity index (χ2n) is 5.39. The zero-order valence-corrected chi connectivity index (χ0v) is 18.9. The molecule has 2 heterocycles. The number of ether oxygens (including phenoxy) is 2. The number of rotatable bonds is 4. The molecule has 1 aromatic carbocycles. The molecular formula is C18H22Cl2N4O3S. The van der Waals surface area contributed by atoms with E-state index in [0.29, 0.717) is 28.2 Å². The number of hydrogen-bond donors (Lipinski definition) is 0.